The van der Waals surface area contributed by atoms with Crippen LogP contribution in [0.5, 0.6) is 0 Å². The van der Waals surface area contributed by atoms with Crippen molar-refractivity contribution in [3.05, 3.63) is 29.8 Å². The monoisotopic (exact) mass is 263 g/mol. The zero-order valence-electron chi connectivity index (χ0n) is 11.0. The van der Waals surface area contributed by atoms with Crippen molar-refractivity contribution in [3.63, 3.8) is 0 Å². The highest BCUT2D eigenvalue weighted by Gasteiger charge is 2.10. The Hall–Kier alpha value is -0.800. The lowest BCUT2D eigenvalue weighted by Gasteiger charge is -2.13. The molecule has 0 unspecified atom stereocenters. The number of hydrogen-bond acceptors (Lipinski definition) is 3. The molecule has 0 aliphatic carbocycles. The molecule has 1 aromatic rings. The van der Waals surface area contributed by atoms with Crippen LogP contribution in [0.1, 0.15) is 36.5 Å². The van der Waals surface area contributed by atoms with Gasteiger partial charge in [-0.3, -0.25) is 4.79 Å². The Morgan fingerprint density at radius 3 is 2.50 bits per heavy atom. The summed E-state index contributed by atoms with van der Waals surface area (Å²) < 4.78 is 0. The Morgan fingerprint density at radius 1 is 1.22 bits per heavy atom. The van der Waals surface area contributed by atoms with E-state index in [1.165, 1.54) is 43.8 Å². The standard InChI is InChI=1S/C15H21NOS/c1-13(17)14-5-7-15(8-6-14)18-12-4-11-16-9-2-3-10-16/h5-8H,2-4,9-12H2,1H3. The molecule has 0 atom stereocenters. The smallest absolute Gasteiger partial charge is 0.159 e. The predicted octanol–water partition coefficient (Wildman–Crippen LogP) is 3.47. The number of Topliss-reactive ketones (excluding diaryl/α,β-unsaturated/α-hetero) is 1. The Kier molecular flexibility index (Phi) is 5.26. The molecule has 0 radical (unpaired) electrons. The average Bonchev–Trinajstić information content (AvgIpc) is 2.88. The molecular formula is C15H21NOS. The molecule has 1 saturated heterocycles. The highest BCUT2D eigenvalue weighted by atomic mass is 32.2. The van der Waals surface area contributed by atoms with Crippen molar-refractivity contribution in [2.45, 2.75) is 31.1 Å². The largest absolute Gasteiger partial charge is 0.303 e. The van der Waals surface area contributed by atoms with E-state index in [2.05, 4.69) is 17.0 Å². The van der Waals surface area contributed by atoms with E-state index in [1.807, 2.05) is 23.9 Å². The van der Waals surface area contributed by atoms with Gasteiger partial charge >= 0.3 is 0 Å². The molecule has 2 nitrogen and oxygen atoms in total. The van der Waals surface area contributed by atoms with E-state index in [9.17, 15) is 4.79 Å². The second-order valence-electron chi connectivity index (χ2n) is 4.83. The van der Waals surface area contributed by atoms with Crippen LogP contribution in [0.25, 0.3) is 0 Å². The van der Waals surface area contributed by atoms with Crippen LogP contribution >= 0.6 is 11.8 Å². The molecule has 0 aromatic heterocycles. The van der Waals surface area contributed by atoms with Crippen molar-refractivity contribution in [1.29, 1.82) is 0 Å². The van der Waals surface area contributed by atoms with E-state index in [-0.39, 0.29) is 5.78 Å². The first-order valence-corrected chi connectivity index (χ1v) is 7.70. The second kappa shape index (κ2) is 6.95. The number of carbonyl (C=O) groups is 1. The summed E-state index contributed by atoms with van der Waals surface area (Å²) >= 11 is 1.89. The van der Waals surface area contributed by atoms with Gasteiger partial charge in [0.05, 0.1) is 0 Å². The van der Waals surface area contributed by atoms with Gasteiger partial charge in [0.1, 0.15) is 0 Å². The molecule has 0 N–H and O–H groups in total. The molecule has 1 aliphatic rings. The lowest BCUT2D eigenvalue weighted by atomic mass is 10.2. The molecule has 3 heteroatoms. The molecule has 2 rings (SSSR count). The molecule has 98 valence electrons. The normalized spacial score (nSPS) is 16.1. The number of carbonyl (C=O) groups excluding carboxylic acids is 1. The maximum absolute atomic E-state index is 11.2. The highest BCUT2D eigenvalue weighted by molar-refractivity contribution is 7.99. The predicted molar refractivity (Wildman–Crippen MR) is 77.5 cm³/mol. The van der Waals surface area contributed by atoms with Gasteiger partial charge in [0, 0.05) is 10.5 Å². The summed E-state index contributed by atoms with van der Waals surface area (Å²) in [5.41, 5.74) is 0.802. The van der Waals surface area contributed by atoms with E-state index in [1.54, 1.807) is 6.92 Å². The van der Waals surface area contributed by atoms with Gasteiger partial charge in [-0.2, -0.15) is 0 Å². The zero-order chi connectivity index (χ0) is 12.8. The van der Waals surface area contributed by atoms with E-state index in [0.717, 1.165) is 11.3 Å². The molecule has 0 amide bonds. The quantitative estimate of drug-likeness (QED) is 0.445. The third-order valence-electron chi connectivity index (χ3n) is 3.35. The number of rotatable bonds is 6. The summed E-state index contributed by atoms with van der Waals surface area (Å²) in [6.45, 7) is 5.42. The van der Waals surface area contributed by atoms with Crippen molar-refractivity contribution in [3.8, 4) is 0 Å². The molecular weight excluding hydrogens is 242 g/mol. The first kappa shape index (κ1) is 13.6. The van der Waals surface area contributed by atoms with Gasteiger partial charge < -0.3 is 4.90 Å². The minimum Gasteiger partial charge on any atom is -0.303 e. The van der Waals surface area contributed by atoms with Crippen molar-refractivity contribution < 1.29 is 4.79 Å². The minimum atomic E-state index is 0.139. The fraction of sp³-hybridized carbons (Fsp3) is 0.533. The Bertz CT molecular complexity index is 382. The first-order chi connectivity index (χ1) is 8.75. The fourth-order valence-electron chi connectivity index (χ4n) is 2.27. The van der Waals surface area contributed by atoms with Crippen LogP contribution < -0.4 is 0 Å². The topological polar surface area (TPSA) is 20.3 Å². The van der Waals surface area contributed by atoms with Gasteiger partial charge in [0.25, 0.3) is 0 Å². The molecule has 18 heavy (non-hydrogen) atoms. The molecule has 1 aromatic carbocycles. The third-order valence-corrected chi connectivity index (χ3v) is 4.45. The van der Waals surface area contributed by atoms with Crippen molar-refractivity contribution in [2.24, 2.45) is 0 Å². The molecule has 1 heterocycles. The number of benzene rings is 1. The fourth-order valence-corrected chi connectivity index (χ4v) is 3.11. The molecule has 0 bridgehead atoms. The maximum atomic E-state index is 11.2. The van der Waals surface area contributed by atoms with Gasteiger partial charge in [-0.15, -0.1) is 11.8 Å². The van der Waals surface area contributed by atoms with E-state index in [0.29, 0.717) is 0 Å². The summed E-state index contributed by atoms with van der Waals surface area (Å²) in [6.07, 6.45) is 4.00. The number of ketones is 1. The number of thioether (sulfide) groups is 1. The SMILES string of the molecule is CC(=O)c1ccc(SCCCN2CCCC2)cc1. The van der Waals surface area contributed by atoms with Crippen LogP contribution in [0, 0.1) is 0 Å². The molecule has 0 saturated carbocycles. The Balaban J connectivity index is 1.68. The molecule has 0 spiro atoms. The summed E-state index contributed by atoms with van der Waals surface area (Å²) in [6, 6.07) is 7.95. The summed E-state index contributed by atoms with van der Waals surface area (Å²) in [4.78, 5) is 15.0. The summed E-state index contributed by atoms with van der Waals surface area (Å²) in [7, 11) is 0. The number of hydrogen-bond donors (Lipinski definition) is 0. The average molecular weight is 263 g/mol. The Morgan fingerprint density at radius 2 is 1.89 bits per heavy atom. The van der Waals surface area contributed by atoms with Gasteiger partial charge in [-0.25, -0.2) is 0 Å². The van der Waals surface area contributed by atoms with Gasteiger partial charge in [0.2, 0.25) is 0 Å². The lowest BCUT2D eigenvalue weighted by molar-refractivity contribution is 0.101. The first-order valence-electron chi connectivity index (χ1n) is 6.72. The van der Waals surface area contributed by atoms with Crippen LogP contribution in [0.3, 0.4) is 0 Å². The van der Waals surface area contributed by atoms with Crippen LogP contribution in [0.2, 0.25) is 0 Å². The number of likely N-dealkylation sites (tertiary alicyclic amines) is 1. The van der Waals surface area contributed by atoms with Crippen molar-refractivity contribution >= 4 is 17.5 Å². The van der Waals surface area contributed by atoms with E-state index < -0.39 is 0 Å². The highest BCUT2D eigenvalue weighted by Crippen LogP contribution is 2.20. The summed E-state index contributed by atoms with van der Waals surface area (Å²) in [5.74, 6) is 1.30. The van der Waals surface area contributed by atoms with Crippen LogP contribution in [-0.4, -0.2) is 36.1 Å². The van der Waals surface area contributed by atoms with Crippen LogP contribution in [-0.2, 0) is 0 Å². The van der Waals surface area contributed by atoms with Gasteiger partial charge in [-0.1, -0.05) is 12.1 Å². The summed E-state index contributed by atoms with van der Waals surface area (Å²) in [5, 5.41) is 0. The van der Waals surface area contributed by atoms with Crippen molar-refractivity contribution in [2.75, 3.05) is 25.4 Å². The van der Waals surface area contributed by atoms with Gasteiger partial charge in [-0.05, 0) is 63.7 Å². The third kappa shape index (κ3) is 4.14. The van der Waals surface area contributed by atoms with Gasteiger partial charge in [0.15, 0.2) is 5.78 Å². The molecule has 1 aliphatic heterocycles. The number of nitrogens with zero attached hydrogens (tertiary/aromatic N) is 1. The lowest BCUT2D eigenvalue weighted by Crippen LogP contribution is -2.20. The van der Waals surface area contributed by atoms with E-state index in [4.69, 9.17) is 0 Å². The van der Waals surface area contributed by atoms with Crippen LogP contribution in [0.4, 0.5) is 0 Å². The van der Waals surface area contributed by atoms with E-state index >= 15 is 0 Å². The zero-order valence-corrected chi connectivity index (χ0v) is 11.8. The second-order valence-corrected chi connectivity index (χ2v) is 6.00. The van der Waals surface area contributed by atoms with Crippen LogP contribution in [0.15, 0.2) is 29.2 Å². The maximum Gasteiger partial charge on any atom is 0.159 e. The Labute approximate surface area is 114 Å². The minimum absolute atomic E-state index is 0.139. The van der Waals surface area contributed by atoms with Crippen molar-refractivity contribution in [1.82, 2.24) is 4.90 Å². The molecule has 1 fully saturated rings.